The number of rotatable bonds is 2. The van der Waals surface area contributed by atoms with Crippen LogP contribution in [0.1, 0.15) is 0 Å². The maximum Gasteiger partial charge on any atom is 0.206 e. The Morgan fingerprint density at radius 2 is 0.938 bits per heavy atom. The first kappa shape index (κ1) is 12.4. The summed E-state index contributed by atoms with van der Waals surface area (Å²) in [7, 11) is -3.34. The topological polar surface area (TPSA) is 34.1 Å². The molecule has 0 saturated carbocycles. The highest BCUT2D eigenvalue weighted by molar-refractivity contribution is 7.91. The summed E-state index contributed by atoms with van der Waals surface area (Å²) in [6.45, 7) is 0. The Hall–Kier alpha value is -1.68. The molecule has 0 amide bonds. The van der Waals surface area contributed by atoms with E-state index in [1.807, 2.05) is 0 Å². The van der Waals surface area contributed by atoms with Crippen molar-refractivity contribution in [1.29, 1.82) is 0 Å². The zero-order chi connectivity index (χ0) is 10.7. The van der Waals surface area contributed by atoms with Gasteiger partial charge in [-0.15, -0.1) is 0 Å². The number of hydrogen-bond acceptors (Lipinski definition) is 2. The quantitative estimate of drug-likeness (QED) is 0.806. The molecule has 2 aromatic rings. The van der Waals surface area contributed by atoms with E-state index in [-0.39, 0.29) is 4.70 Å². The Bertz CT molecular complexity index is 490. The molecule has 0 unspecified atom stereocenters. The molecule has 0 radical (unpaired) electrons. The summed E-state index contributed by atoms with van der Waals surface area (Å²) >= 11 is 0. The molecule has 0 atom stereocenters. The first-order valence-corrected chi connectivity index (χ1v) is 6.05. The van der Waals surface area contributed by atoms with Crippen molar-refractivity contribution in [3.8, 4) is 0 Å². The van der Waals surface area contributed by atoms with Gasteiger partial charge in [0.15, 0.2) is 0 Å². The summed E-state index contributed by atoms with van der Waals surface area (Å²) in [5, 5.41) is 0. The van der Waals surface area contributed by atoms with Crippen LogP contribution in [0.15, 0.2) is 70.5 Å². The summed E-state index contributed by atoms with van der Waals surface area (Å²) < 4.78 is 24.1. The number of halogens is 1. The van der Waals surface area contributed by atoms with Gasteiger partial charge in [0.05, 0.1) is 9.79 Å². The molecule has 2 rings (SSSR count). The average Bonchev–Trinajstić information content (AvgIpc) is 2.31. The third kappa shape index (κ3) is 2.28. The normalized spacial score (nSPS) is 10.5. The average molecular weight is 238 g/mol. The van der Waals surface area contributed by atoms with Crippen LogP contribution >= 0.6 is 0 Å². The lowest BCUT2D eigenvalue weighted by Crippen LogP contribution is -2.00. The van der Waals surface area contributed by atoms with Crippen molar-refractivity contribution in [2.75, 3.05) is 0 Å². The SMILES string of the molecule is F.O=S(=O)(c1ccccc1)c1ccccc1. The van der Waals surface area contributed by atoms with Crippen LogP contribution < -0.4 is 0 Å². The molecular formula is C12H11FO2S. The molecule has 0 aliphatic heterocycles. The van der Waals surface area contributed by atoms with Gasteiger partial charge >= 0.3 is 0 Å². The molecule has 0 aliphatic carbocycles. The van der Waals surface area contributed by atoms with Gasteiger partial charge in [0.2, 0.25) is 9.84 Å². The molecule has 0 bridgehead atoms. The van der Waals surface area contributed by atoms with Crippen LogP contribution in [0, 0.1) is 0 Å². The molecule has 0 aliphatic rings. The lowest BCUT2D eigenvalue weighted by atomic mass is 10.4. The second-order valence-electron chi connectivity index (χ2n) is 3.13. The zero-order valence-electron chi connectivity index (χ0n) is 8.41. The van der Waals surface area contributed by atoms with Crippen LogP contribution in [0.4, 0.5) is 4.70 Å². The molecule has 16 heavy (non-hydrogen) atoms. The number of sulfone groups is 1. The number of hydrogen-bond donors (Lipinski definition) is 0. The van der Waals surface area contributed by atoms with Crippen molar-refractivity contribution in [1.82, 2.24) is 0 Å². The van der Waals surface area contributed by atoms with E-state index >= 15 is 0 Å². The van der Waals surface area contributed by atoms with Crippen LogP contribution in [0.25, 0.3) is 0 Å². The smallest absolute Gasteiger partial charge is 0.206 e. The van der Waals surface area contributed by atoms with Crippen molar-refractivity contribution < 1.29 is 13.1 Å². The predicted molar refractivity (Wildman–Crippen MR) is 60.8 cm³/mol. The Morgan fingerprint density at radius 3 is 1.25 bits per heavy atom. The fourth-order valence-electron chi connectivity index (χ4n) is 1.34. The summed E-state index contributed by atoms with van der Waals surface area (Å²) in [4.78, 5) is 0.660. The summed E-state index contributed by atoms with van der Waals surface area (Å²) in [6.07, 6.45) is 0. The standard InChI is InChI=1S/C12H10O2S.FH/c13-15(14,11-7-3-1-4-8-11)12-9-5-2-6-10-12;/h1-10H;1H. The van der Waals surface area contributed by atoms with Gasteiger partial charge in [0.1, 0.15) is 0 Å². The molecule has 0 aromatic heterocycles. The fraction of sp³-hybridized carbons (Fsp3) is 0. The lowest BCUT2D eigenvalue weighted by molar-refractivity contribution is 0.596. The molecule has 0 fully saturated rings. The Kier molecular flexibility index (Phi) is 3.79. The van der Waals surface area contributed by atoms with Crippen LogP contribution in [-0.4, -0.2) is 8.42 Å². The first-order chi connectivity index (χ1) is 7.21. The van der Waals surface area contributed by atoms with E-state index in [4.69, 9.17) is 0 Å². The molecule has 2 nitrogen and oxygen atoms in total. The Morgan fingerprint density at radius 1 is 0.625 bits per heavy atom. The summed E-state index contributed by atoms with van der Waals surface area (Å²) in [6, 6.07) is 16.9. The van der Waals surface area contributed by atoms with Gasteiger partial charge in [-0.3, -0.25) is 4.70 Å². The van der Waals surface area contributed by atoms with Crippen molar-refractivity contribution in [2.45, 2.75) is 9.79 Å². The largest absolute Gasteiger partial charge is 0.269 e. The minimum Gasteiger partial charge on any atom is -0.269 e. The second kappa shape index (κ2) is 4.90. The van der Waals surface area contributed by atoms with E-state index in [9.17, 15) is 8.42 Å². The highest BCUT2D eigenvalue weighted by Gasteiger charge is 2.15. The summed E-state index contributed by atoms with van der Waals surface area (Å²) in [5.41, 5.74) is 0. The van der Waals surface area contributed by atoms with Crippen molar-refractivity contribution >= 4 is 9.84 Å². The maximum atomic E-state index is 12.0. The van der Waals surface area contributed by atoms with Crippen molar-refractivity contribution in [3.63, 3.8) is 0 Å². The molecular weight excluding hydrogens is 227 g/mol. The van der Waals surface area contributed by atoms with Crippen LogP contribution in [0.3, 0.4) is 0 Å². The van der Waals surface area contributed by atoms with E-state index in [0.717, 1.165) is 0 Å². The van der Waals surface area contributed by atoms with Crippen molar-refractivity contribution in [2.24, 2.45) is 0 Å². The minimum absolute atomic E-state index is 0. The van der Waals surface area contributed by atoms with Crippen LogP contribution in [-0.2, 0) is 9.84 Å². The van der Waals surface area contributed by atoms with Gasteiger partial charge in [-0.1, -0.05) is 36.4 Å². The molecule has 0 saturated heterocycles. The molecule has 4 heteroatoms. The highest BCUT2D eigenvalue weighted by atomic mass is 32.2. The van der Waals surface area contributed by atoms with Crippen LogP contribution in [0.5, 0.6) is 0 Å². The van der Waals surface area contributed by atoms with Crippen molar-refractivity contribution in [3.05, 3.63) is 60.7 Å². The lowest BCUT2D eigenvalue weighted by Gasteiger charge is -2.03. The van der Waals surface area contributed by atoms with E-state index in [2.05, 4.69) is 0 Å². The fourth-order valence-corrected chi connectivity index (χ4v) is 2.64. The van der Waals surface area contributed by atoms with Gasteiger partial charge in [-0.25, -0.2) is 8.42 Å². The molecule has 84 valence electrons. The molecule has 0 heterocycles. The van der Waals surface area contributed by atoms with E-state index in [1.165, 1.54) is 0 Å². The maximum absolute atomic E-state index is 12.0. The second-order valence-corrected chi connectivity index (χ2v) is 5.08. The third-order valence-electron chi connectivity index (χ3n) is 2.11. The van der Waals surface area contributed by atoms with Gasteiger partial charge in [-0.2, -0.15) is 0 Å². The first-order valence-electron chi connectivity index (χ1n) is 4.56. The van der Waals surface area contributed by atoms with Gasteiger partial charge in [-0.05, 0) is 24.3 Å². The number of benzene rings is 2. The predicted octanol–water partition coefficient (Wildman–Crippen LogP) is 2.67. The van der Waals surface area contributed by atoms with Crippen LogP contribution in [0.2, 0.25) is 0 Å². The van der Waals surface area contributed by atoms with Gasteiger partial charge in [0.25, 0.3) is 0 Å². The van der Waals surface area contributed by atoms with Gasteiger partial charge in [0, 0.05) is 0 Å². The monoisotopic (exact) mass is 238 g/mol. The Balaban J connectivity index is 0.00000128. The Labute approximate surface area is 93.8 Å². The van der Waals surface area contributed by atoms with Gasteiger partial charge < -0.3 is 0 Å². The molecule has 2 aromatic carbocycles. The summed E-state index contributed by atoms with van der Waals surface area (Å²) in [5.74, 6) is 0. The van der Waals surface area contributed by atoms with E-state index in [0.29, 0.717) is 9.79 Å². The highest BCUT2D eigenvalue weighted by Crippen LogP contribution is 2.19. The van der Waals surface area contributed by atoms with E-state index < -0.39 is 9.84 Å². The molecule has 0 N–H and O–H groups in total. The zero-order valence-corrected chi connectivity index (χ0v) is 9.22. The third-order valence-corrected chi connectivity index (χ3v) is 3.89. The minimum atomic E-state index is -3.34. The molecule has 0 spiro atoms. The van der Waals surface area contributed by atoms with E-state index in [1.54, 1.807) is 60.7 Å².